The summed E-state index contributed by atoms with van der Waals surface area (Å²) in [6, 6.07) is 10.6. The molecule has 0 fully saturated rings. The van der Waals surface area contributed by atoms with Crippen molar-refractivity contribution >= 4 is 22.9 Å². The van der Waals surface area contributed by atoms with E-state index in [0.29, 0.717) is 0 Å². The Morgan fingerprint density at radius 1 is 1.28 bits per heavy atom. The van der Waals surface area contributed by atoms with Gasteiger partial charge in [0.2, 0.25) is 0 Å². The summed E-state index contributed by atoms with van der Waals surface area (Å²) in [6.45, 7) is 2.03. The largest absolute Gasteiger partial charge is 0.323 e. The first-order chi connectivity index (χ1) is 8.68. The van der Waals surface area contributed by atoms with Gasteiger partial charge in [-0.05, 0) is 42.7 Å². The van der Waals surface area contributed by atoms with Crippen molar-refractivity contribution in [2.75, 3.05) is 0 Å². The summed E-state index contributed by atoms with van der Waals surface area (Å²) in [6.07, 6.45) is 3.16. The van der Waals surface area contributed by atoms with E-state index in [-0.39, 0.29) is 6.04 Å². The first kappa shape index (κ1) is 13.6. The predicted molar refractivity (Wildman–Crippen MR) is 80.4 cm³/mol. The average molecular weight is 280 g/mol. The van der Waals surface area contributed by atoms with E-state index in [1.165, 1.54) is 5.56 Å². The average Bonchev–Trinajstić information content (AvgIpc) is 2.71. The van der Waals surface area contributed by atoms with Gasteiger partial charge in [-0.3, -0.25) is 0 Å². The zero-order valence-corrected chi connectivity index (χ0v) is 12.1. The Balaban J connectivity index is 1.85. The molecule has 0 aliphatic rings. The summed E-state index contributed by atoms with van der Waals surface area (Å²) < 4.78 is 0. The van der Waals surface area contributed by atoms with Crippen LogP contribution in [0.5, 0.6) is 0 Å². The van der Waals surface area contributed by atoms with Gasteiger partial charge in [-0.2, -0.15) is 0 Å². The normalized spacial score (nSPS) is 12.6. The number of aryl methyl sites for hydroxylation is 2. The molecular weight excluding hydrogens is 262 g/mol. The minimum atomic E-state index is 0.0694. The van der Waals surface area contributed by atoms with Crippen LogP contribution in [-0.2, 0) is 6.42 Å². The van der Waals surface area contributed by atoms with Gasteiger partial charge in [0, 0.05) is 10.9 Å². The molecular formula is C15H18ClNS. The second-order valence-corrected chi connectivity index (χ2v) is 5.87. The lowest BCUT2D eigenvalue weighted by Gasteiger charge is -2.10. The smallest absolute Gasteiger partial charge is 0.0590 e. The van der Waals surface area contributed by atoms with Crippen molar-refractivity contribution in [3.05, 3.63) is 56.7 Å². The number of nitrogens with two attached hydrogens (primary N) is 1. The Labute approximate surface area is 118 Å². The van der Waals surface area contributed by atoms with E-state index in [9.17, 15) is 0 Å². The molecule has 0 saturated heterocycles. The van der Waals surface area contributed by atoms with Crippen molar-refractivity contribution in [3.8, 4) is 0 Å². The molecule has 0 saturated carbocycles. The van der Waals surface area contributed by atoms with Gasteiger partial charge in [-0.15, -0.1) is 11.3 Å². The first-order valence-electron chi connectivity index (χ1n) is 6.21. The molecule has 96 valence electrons. The third-order valence-corrected chi connectivity index (χ3v) is 4.93. The fourth-order valence-corrected chi connectivity index (χ4v) is 3.37. The van der Waals surface area contributed by atoms with Crippen LogP contribution >= 0.6 is 22.9 Å². The van der Waals surface area contributed by atoms with Crippen LogP contribution in [0.15, 0.2) is 35.7 Å². The van der Waals surface area contributed by atoms with E-state index in [2.05, 4.69) is 29.6 Å². The fourth-order valence-electron chi connectivity index (χ4n) is 2.00. The number of hydrogen-bond acceptors (Lipinski definition) is 2. The van der Waals surface area contributed by atoms with Crippen molar-refractivity contribution in [2.24, 2.45) is 5.73 Å². The molecule has 1 unspecified atom stereocenters. The van der Waals surface area contributed by atoms with E-state index in [4.69, 9.17) is 17.3 Å². The molecule has 1 atom stereocenters. The van der Waals surface area contributed by atoms with Crippen molar-refractivity contribution < 1.29 is 0 Å². The van der Waals surface area contributed by atoms with Crippen molar-refractivity contribution in [1.82, 2.24) is 0 Å². The number of halogens is 1. The zero-order chi connectivity index (χ0) is 13.0. The lowest BCUT2D eigenvalue weighted by molar-refractivity contribution is 0.620. The SMILES string of the molecule is Cc1csc(C(N)CCCc2ccccc2)c1Cl. The third-order valence-electron chi connectivity index (χ3n) is 3.09. The summed E-state index contributed by atoms with van der Waals surface area (Å²) in [7, 11) is 0. The van der Waals surface area contributed by atoms with Gasteiger partial charge in [-0.1, -0.05) is 41.9 Å². The van der Waals surface area contributed by atoms with Gasteiger partial charge in [0.05, 0.1) is 5.02 Å². The Kier molecular flexibility index (Phi) is 4.81. The number of benzene rings is 1. The van der Waals surface area contributed by atoms with Gasteiger partial charge in [0.15, 0.2) is 0 Å². The molecule has 0 aliphatic heterocycles. The Morgan fingerprint density at radius 2 is 2.00 bits per heavy atom. The molecule has 2 aromatic rings. The highest BCUT2D eigenvalue weighted by Gasteiger charge is 2.13. The molecule has 3 heteroatoms. The maximum Gasteiger partial charge on any atom is 0.0590 e. The molecule has 1 heterocycles. The van der Waals surface area contributed by atoms with Crippen LogP contribution in [0, 0.1) is 6.92 Å². The lowest BCUT2D eigenvalue weighted by atomic mass is 10.0. The van der Waals surface area contributed by atoms with E-state index in [1.807, 2.05) is 13.0 Å². The van der Waals surface area contributed by atoms with Crippen LogP contribution in [0.1, 0.15) is 34.9 Å². The highest BCUT2D eigenvalue weighted by molar-refractivity contribution is 7.10. The molecule has 2 rings (SSSR count). The van der Waals surface area contributed by atoms with E-state index >= 15 is 0 Å². The number of thiophene rings is 1. The van der Waals surface area contributed by atoms with Gasteiger partial charge in [-0.25, -0.2) is 0 Å². The van der Waals surface area contributed by atoms with E-state index in [0.717, 1.165) is 34.7 Å². The van der Waals surface area contributed by atoms with Crippen LogP contribution < -0.4 is 5.73 Å². The molecule has 1 nitrogen and oxygen atoms in total. The molecule has 0 aliphatic carbocycles. The second kappa shape index (κ2) is 6.37. The maximum absolute atomic E-state index is 6.23. The molecule has 2 N–H and O–H groups in total. The lowest BCUT2D eigenvalue weighted by Crippen LogP contribution is -2.09. The van der Waals surface area contributed by atoms with E-state index < -0.39 is 0 Å². The van der Waals surface area contributed by atoms with Crippen molar-refractivity contribution in [3.63, 3.8) is 0 Å². The summed E-state index contributed by atoms with van der Waals surface area (Å²) >= 11 is 7.90. The van der Waals surface area contributed by atoms with Gasteiger partial charge >= 0.3 is 0 Å². The first-order valence-corrected chi connectivity index (χ1v) is 7.47. The summed E-state index contributed by atoms with van der Waals surface area (Å²) in [5, 5.41) is 2.93. The summed E-state index contributed by atoms with van der Waals surface area (Å²) in [4.78, 5) is 1.13. The van der Waals surface area contributed by atoms with Crippen LogP contribution in [-0.4, -0.2) is 0 Å². The molecule has 1 aromatic carbocycles. The standard InChI is InChI=1S/C15H18ClNS/c1-11-10-18-15(14(11)16)13(17)9-5-8-12-6-3-2-4-7-12/h2-4,6-7,10,13H,5,8-9,17H2,1H3. The highest BCUT2D eigenvalue weighted by atomic mass is 35.5. The van der Waals surface area contributed by atoms with Crippen molar-refractivity contribution in [2.45, 2.75) is 32.2 Å². The summed E-state index contributed by atoms with van der Waals surface area (Å²) in [5.41, 5.74) is 8.71. The molecule has 0 radical (unpaired) electrons. The minimum absolute atomic E-state index is 0.0694. The fraction of sp³-hybridized carbons (Fsp3) is 0.333. The molecule has 1 aromatic heterocycles. The maximum atomic E-state index is 6.23. The van der Waals surface area contributed by atoms with Crippen LogP contribution in [0.25, 0.3) is 0 Å². The van der Waals surface area contributed by atoms with Crippen LogP contribution in [0.2, 0.25) is 5.02 Å². The summed E-state index contributed by atoms with van der Waals surface area (Å²) in [5.74, 6) is 0. The van der Waals surface area contributed by atoms with Crippen LogP contribution in [0.3, 0.4) is 0 Å². The van der Waals surface area contributed by atoms with Gasteiger partial charge < -0.3 is 5.73 Å². The molecule has 18 heavy (non-hydrogen) atoms. The number of rotatable bonds is 5. The third kappa shape index (κ3) is 3.35. The molecule has 0 bridgehead atoms. The van der Waals surface area contributed by atoms with Gasteiger partial charge in [0.1, 0.15) is 0 Å². The predicted octanol–water partition coefficient (Wildman–Crippen LogP) is 4.73. The Bertz CT molecular complexity index is 492. The van der Waals surface area contributed by atoms with Crippen LogP contribution in [0.4, 0.5) is 0 Å². The Morgan fingerprint density at radius 3 is 2.61 bits per heavy atom. The molecule has 0 amide bonds. The molecule has 0 spiro atoms. The Hall–Kier alpha value is -0.830. The quantitative estimate of drug-likeness (QED) is 0.841. The zero-order valence-electron chi connectivity index (χ0n) is 10.5. The number of hydrogen-bond donors (Lipinski definition) is 1. The van der Waals surface area contributed by atoms with Crippen molar-refractivity contribution in [1.29, 1.82) is 0 Å². The van der Waals surface area contributed by atoms with E-state index in [1.54, 1.807) is 11.3 Å². The second-order valence-electron chi connectivity index (χ2n) is 4.58. The topological polar surface area (TPSA) is 26.0 Å². The van der Waals surface area contributed by atoms with Gasteiger partial charge in [0.25, 0.3) is 0 Å². The monoisotopic (exact) mass is 279 g/mol. The highest BCUT2D eigenvalue weighted by Crippen LogP contribution is 2.33. The minimum Gasteiger partial charge on any atom is -0.323 e.